The molecule has 0 spiro atoms. The Morgan fingerprint density at radius 3 is 2.57 bits per heavy atom. The van der Waals surface area contributed by atoms with Crippen molar-refractivity contribution in [1.82, 2.24) is 0 Å². The number of benzene rings is 1. The predicted molar refractivity (Wildman–Crippen MR) is 56.3 cm³/mol. The van der Waals surface area contributed by atoms with Gasteiger partial charge in [-0.15, -0.1) is 0 Å². The Kier molecular flexibility index (Phi) is 3.69. The van der Waals surface area contributed by atoms with Crippen LogP contribution in [0.3, 0.4) is 0 Å². The van der Waals surface area contributed by atoms with Crippen molar-refractivity contribution in [2.75, 3.05) is 0 Å². The van der Waals surface area contributed by atoms with Crippen LogP contribution in [0.4, 0.5) is 0 Å². The van der Waals surface area contributed by atoms with Gasteiger partial charge in [-0.25, -0.2) is 0 Å². The Bertz CT molecular complexity index is 316. The smallest absolute Gasteiger partial charge is 0.311 e. The molecule has 2 heteroatoms. The first-order valence-corrected chi connectivity index (χ1v) is 4.86. The number of ether oxygens (including phenoxy) is 1. The summed E-state index contributed by atoms with van der Waals surface area (Å²) in [5, 5.41) is 0. The van der Waals surface area contributed by atoms with Gasteiger partial charge in [0.05, 0.1) is 0 Å². The molecule has 0 N–H and O–H groups in total. The number of hydrogen-bond acceptors (Lipinski definition) is 2. The molecule has 1 aromatic rings. The van der Waals surface area contributed by atoms with Crippen LogP contribution in [0.25, 0.3) is 0 Å². The lowest BCUT2D eigenvalue weighted by molar-refractivity contribution is -0.135. The SMILES string of the molecule is Cc1ccccc1OC(=O)CC(C)C. The zero-order chi connectivity index (χ0) is 10.6. The predicted octanol–water partition coefficient (Wildman–Crippen LogP) is 2.95. The number of esters is 1. The molecule has 0 radical (unpaired) electrons. The van der Waals surface area contributed by atoms with Crippen molar-refractivity contribution in [3.8, 4) is 5.75 Å². The Hall–Kier alpha value is -1.31. The molecule has 0 unspecified atom stereocenters. The largest absolute Gasteiger partial charge is 0.426 e. The Morgan fingerprint density at radius 1 is 1.36 bits per heavy atom. The molecule has 1 rings (SSSR count). The minimum atomic E-state index is -0.158. The third-order valence-electron chi connectivity index (χ3n) is 1.89. The highest BCUT2D eigenvalue weighted by atomic mass is 16.5. The van der Waals surface area contributed by atoms with E-state index < -0.39 is 0 Å². The maximum atomic E-state index is 11.4. The monoisotopic (exact) mass is 192 g/mol. The lowest BCUT2D eigenvalue weighted by Gasteiger charge is -2.07. The van der Waals surface area contributed by atoms with Crippen LogP contribution < -0.4 is 4.74 Å². The van der Waals surface area contributed by atoms with Gasteiger partial charge in [0.2, 0.25) is 0 Å². The second-order valence-electron chi connectivity index (χ2n) is 3.84. The average Bonchev–Trinajstić information content (AvgIpc) is 2.07. The third kappa shape index (κ3) is 3.21. The van der Waals surface area contributed by atoms with Crippen LogP contribution in [0, 0.1) is 12.8 Å². The molecular weight excluding hydrogens is 176 g/mol. The van der Waals surface area contributed by atoms with E-state index in [0.717, 1.165) is 5.56 Å². The summed E-state index contributed by atoms with van der Waals surface area (Å²) in [6.45, 7) is 5.93. The number of hydrogen-bond donors (Lipinski definition) is 0. The second kappa shape index (κ2) is 4.80. The van der Waals surface area contributed by atoms with E-state index in [0.29, 0.717) is 18.1 Å². The Balaban J connectivity index is 2.61. The zero-order valence-corrected chi connectivity index (χ0v) is 8.91. The van der Waals surface area contributed by atoms with Crippen molar-refractivity contribution in [3.63, 3.8) is 0 Å². The minimum Gasteiger partial charge on any atom is -0.426 e. The first kappa shape index (κ1) is 10.8. The molecule has 0 atom stereocenters. The normalized spacial score (nSPS) is 10.3. The van der Waals surface area contributed by atoms with E-state index in [1.807, 2.05) is 45.0 Å². The molecule has 0 saturated carbocycles. The summed E-state index contributed by atoms with van der Waals surface area (Å²) in [4.78, 5) is 11.4. The molecule has 0 amide bonds. The van der Waals surface area contributed by atoms with Gasteiger partial charge in [-0.1, -0.05) is 32.0 Å². The molecule has 0 aromatic heterocycles. The summed E-state index contributed by atoms with van der Waals surface area (Å²) >= 11 is 0. The lowest BCUT2D eigenvalue weighted by Crippen LogP contribution is -2.11. The summed E-state index contributed by atoms with van der Waals surface area (Å²) in [5.74, 6) is 0.846. The van der Waals surface area contributed by atoms with E-state index in [-0.39, 0.29) is 5.97 Å². The fourth-order valence-electron chi connectivity index (χ4n) is 1.17. The van der Waals surface area contributed by atoms with Gasteiger partial charge < -0.3 is 4.74 Å². The number of para-hydroxylation sites is 1. The first-order valence-electron chi connectivity index (χ1n) is 4.86. The topological polar surface area (TPSA) is 26.3 Å². The Labute approximate surface area is 84.9 Å². The summed E-state index contributed by atoms with van der Waals surface area (Å²) in [6, 6.07) is 7.53. The molecular formula is C12H16O2. The van der Waals surface area contributed by atoms with Gasteiger partial charge in [0.1, 0.15) is 5.75 Å². The van der Waals surface area contributed by atoms with Crippen LogP contribution in [-0.4, -0.2) is 5.97 Å². The number of carbonyl (C=O) groups excluding carboxylic acids is 1. The van der Waals surface area contributed by atoms with Crippen LogP contribution in [0.5, 0.6) is 5.75 Å². The van der Waals surface area contributed by atoms with Crippen LogP contribution in [0.15, 0.2) is 24.3 Å². The average molecular weight is 192 g/mol. The summed E-state index contributed by atoms with van der Waals surface area (Å²) in [7, 11) is 0. The van der Waals surface area contributed by atoms with Gasteiger partial charge in [-0.3, -0.25) is 4.79 Å². The van der Waals surface area contributed by atoms with Gasteiger partial charge in [-0.2, -0.15) is 0 Å². The van der Waals surface area contributed by atoms with E-state index in [2.05, 4.69) is 0 Å². The molecule has 0 aliphatic rings. The molecule has 14 heavy (non-hydrogen) atoms. The highest BCUT2D eigenvalue weighted by Crippen LogP contribution is 2.17. The standard InChI is InChI=1S/C12H16O2/c1-9(2)8-12(13)14-11-7-5-4-6-10(11)3/h4-7,9H,8H2,1-3H3. The number of aryl methyl sites for hydroxylation is 1. The fourth-order valence-corrected chi connectivity index (χ4v) is 1.17. The van der Waals surface area contributed by atoms with E-state index in [4.69, 9.17) is 4.74 Å². The third-order valence-corrected chi connectivity index (χ3v) is 1.89. The van der Waals surface area contributed by atoms with Crippen LogP contribution in [0.1, 0.15) is 25.8 Å². The summed E-state index contributed by atoms with van der Waals surface area (Å²) < 4.78 is 5.22. The van der Waals surface area contributed by atoms with E-state index in [1.165, 1.54) is 0 Å². The van der Waals surface area contributed by atoms with Crippen molar-refractivity contribution >= 4 is 5.97 Å². The minimum absolute atomic E-state index is 0.158. The van der Waals surface area contributed by atoms with Crippen LogP contribution in [0.2, 0.25) is 0 Å². The molecule has 0 heterocycles. The van der Waals surface area contributed by atoms with E-state index in [9.17, 15) is 4.79 Å². The Morgan fingerprint density at radius 2 is 2.00 bits per heavy atom. The molecule has 2 nitrogen and oxygen atoms in total. The molecule has 0 bridgehead atoms. The van der Waals surface area contributed by atoms with Crippen molar-refractivity contribution in [2.24, 2.45) is 5.92 Å². The van der Waals surface area contributed by atoms with E-state index in [1.54, 1.807) is 0 Å². The van der Waals surface area contributed by atoms with Crippen molar-refractivity contribution in [2.45, 2.75) is 27.2 Å². The van der Waals surface area contributed by atoms with Crippen LogP contribution in [-0.2, 0) is 4.79 Å². The van der Waals surface area contributed by atoms with Gasteiger partial charge in [0.25, 0.3) is 0 Å². The number of rotatable bonds is 3. The molecule has 76 valence electrons. The summed E-state index contributed by atoms with van der Waals surface area (Å²) in [5.41, 5.74) is 0.990. The van der Waals surface area contributed by atoms with Crippen LogP contribution >= 0.6 is 0 Å². The highest BCUT2D eigenvalue weighted by molar-refractivity contribution is 5.72. The van der Waals surface area contributed by atoms with E-state index >= 15 is 0 Å². The second-order valence-corrected chi connectivity index (χ2v) is 3.84. The van der Waals surface area contributed by atoms with Gasteiger partial charge in [0.15, 0.2) is 0 Å². The molecule has 1 aromatic carbocycles. The maximum absolute atomic E-state index is 11.4. The molecule has 0 fully saturated rings. The van der Waals surface area contributed by atoms with Crippen molar-refractivity contribution < 1.29 is 9.53 Å². The quantitative estimate of drug-likeness (QED) is 0.543. The zero-order valence-electron chi connectivity index (χ0n) is 8.91. The van der Waals surface area contributed by atoms with Gasteiger partial charge in [-0.05, 0) is 24.5 Å². The highest BCUT2D eigenvalue weighted by Gasteiger charge is 2.08. The maximum Gasteiger partial charge on any atom is 0.311 e. The molecule has 0 aliphatic heterocycles. The fraction of sp³-hybridized carbons (Fsp3) is 0.417. The number of carbonyl (C=O) groups is 1. The van der Waals surface area contributed by atoms with Crippen molar-refractivity contribution in [1.29, 1.82) is 0 Å². The van der Waals surface area contributed by atoms with Gasteiger partial charge in [0, 0.05) is 6.42 Å². The lowest BCUT2D eigenvalue weighted by atomic mass is 10.1. The van der Waals surface area contributed by atoms with Crippen molar-refractivity contribution in [3.05, 3.63) is 29.8 Å². The molecule has 0 aliphatic carbocycles. The summed E-state index contributed by atoms with van der Waals surface area (Å²) in [6.07, 6.45) is 0.467. The molecule has 0 saturated heterocycles. The van der Waals surface area contributed by atoms with Gasteiger partial charge >= 0.3 is 5.97 Å². The first-order chi connectivity index (χ1) is 6.59.